The third kappa shape index (κ3) is 6.14. The van der Waals surface area contributed by atoms with Crippen molar-refractivity contribution >= 4 is 44.4 Å². The number of ether oxygens (including phenoxy) is 1. The van der Waals surface area contributed by atoms with E-state index in [0.717, 1.165) is 91.2 Å². The van der Waals surface area contributed by atoms with E-state index in [-0.39, 0.29) is 18.0 Å². The molecule has 3 N–H and O–H groups in total. The Morgan fingerprint density at radius 1 is 1.17 bits per heavy atom. The molecule has 0 radical (unpaired) electrons. The van der Waals surface area contributed by atoms with Crippen LogP contribution in [0.5, 0.6) is 0 Å². The zero-order valence-corrected chi connectivity index (χ0v) is 20.5. The molecule has 184 valence electrons. The first-order chi connectivity index (χ1) is 17.2. The molecule has 5 rings (SSSR count). The van der Waals surface area contributed by atoms with E-state index in [1.54, 1.807) is 6.20 Å². The fourth-order valence-corrected chi connectivity index (χ4v) is 5.49. The topological polar surface area (TPSA) is 104 Å². The summed E-state index contributed by atoms with van der Waals surface area (Å²) in [6.07, 6.45) is 7.25. The van der Waals surface area contributed by atoms with Crippen molar-refractivity contribution in [3.05, 3.63) is 48.7 Å². The molecule has 0 spiro atoms. The van der Waals surface area contributed by atoms with Gasteiger partial charge in [-0.3, -0.25) is 9.69 Å². The molecule has 0 aromatic carbocycles. The number of fused-ring (bicyclic) bond motifs is 1. The van der Waals surface area contributed by atoms with Gasteiger partial charge in [-0.25, -0.2) is 15.0 Å². The molecule has 3 aromatic heterocycles. The maximum Gasteiger partial charge on any atom is 0.243 e. The van der Waals surface area contributed by atoms with Gasteiger partial charge in [-0.2, -0.15) is 0 Å². The van der Waals surface area contributed by atoms with Gasteiger partial charge in [0.15, 0.2) is 5.13 Å². The molecule has 2 fully saturated rings. The molecule has 1 aliphatic heterocycles. The minimum Gasteiger partial charge on any atom is -0.379 e. The van der Waals surface area contributed by atoms with E-state index in [4.69, 9.17) is 9.72 Å². The molecular weight excluding hydrogens is 462 g/mol. The number of thiazole rings is 1. The standard InChI is InChI=1S/C25H31N7O2S/c1-2-23(33)28-19-7-4-3-6-18(19)27-21-14-17(16-32-10-12-34-13-11-32)15-22(30-21)31-25-29-20-8-5-9-26-24(20)35-25/h2,5,8-9,14-15,18-19H,1,3-4,6-7,10-13,16H2,(H,28,33)(H2,27,29,30,31). The zero-order chi connectivity index (χ0) is 24.0. The second-order valence-corrected chi connectivity index (χ2v) is 9.94. The van der Waals surface area contributed by atoms with E-state index in [1.807, 2.05) is 12.1 Å². The molecule has 2 unspecified atom stereocenters. The van der Waals surface area contributed by atoms with E-state index < -0.39 is 0 Å². The van der Waals surface area contributed by atoms with Crippen LogP contribution in [0.3, 0.4) is 0 Å². The van der Waals surface area contributed by atoms with Crippen LogP contribution in [-0.4, -0.2) is 64.1 Å². The third-order valence-corrected chi connectivity index (χ3v) is 7.30. The number of pyridine rings is 2. The molecule has 1 aliphatic carbocycles. The summed E-state index contributed by atoms with van der Waals surface area (Å²) in [4.78, 5) is 29.2. The average molecular weight is 494 g/mol. The molecule has 3 aromatic rings. The lowest BCUT2D eigenvalue weighted by Gasteiger charge is -2.33. The Hall–Kier alpha value is -3.08. The molecular formula is C25H31N7O2S. The van der Waals surface area contributed by atoms with Gasteiger partial charge in [-0.05, 0) is 48.7 Å². The maximum absolute atomic E-state index is 12.0. The molecule has 1 saturated heterocycles. The van der Waals surface area contributed by atoms with E-state index >= 15 is 0 Å². The number of rotatable bonds is 8. The van der Waals surface area contributed by atoms with Crippen molar-refractivity contribution in [1.82, 2.24) is 25.2 Å². The van der Waals surface area contributed by atoms with Crippen LogP contribution in [0.2, 0.25) is 0 Å². The van der Waals surface area contributed by atoms with Gasteiger partial charge in [-0.1, -0.05) is 30.8 Å². The Morgan fingerprint density at radius 2 is 1.97 bits per heavy atom. The second-order valence-electron chi connectivity index (χ2n) is 8.96. The van der Waals surface area contributed by atoms with Crippen molar-refractivity contribution < 1.29 is 9.53 Å². The van der Waals surface area contributed by atoms with Crippen molar-refractivity contribution in [2.75, 3.05) is 36.9 Å². The molecule has 4 heterocycles. The number of aromatic nitrogens is 3. The number of hydrogen-bond acceptors (Lipinski definition) is 9. The number of carbonyl (C=O) groups excluding carboxylic acids is 1. The number of anilines is 3. The highest BCUT2D eigenvalue weighted by molar-refractivity contribution is 7.21. The first kappa shape index (κ1) is 23.7. The van der Waals surface area contributed by atoms with Crippen LogP contribution >= 0.6 is 11.3 Å². The highest BCUT2D eigenvalue weighted by Crippen LogP contribution is 2.28. The molecule has 0 bridgehead atoms. The van der Waals surface area contributed by atoms with Crippen molar-refractivity contribution in [3.63, 3.8) is 0 Å². The minimum absolute atomic E-state index is 0.0469. The SMILES string of the molecule is C=CC(=O)NC1CCCCC1Nc1cc(CN2CCOCC2)cc(Nc2nc3cccnc3s2)n1. The first-order valence-electron chi connectivity index (χ1n) is 12.2. The highest BCUT2D eigenvalue weighted by atomic mass is 32.1. The number of amides is 1. The summed E-state index contributed by atoms with van der Waals surface area (Å²) in [5.41, 5.74) is 2.03. The summed E-state index contributed by atoms with van der Waals surface area (Å²) in [5, 5.41) is 10.9. The molecule has 9 nitrogen and oxygen atoms in total. The van der Waals surface area contributed by atoms with Crippen LogP contribution < -0.4 is 16.0 Å². The van der Waals surface area contributed by atoms with Crippen LogP contribution in [0.1, 0.15) is 31.2 Å². The van der Waals surface area contributed by atoms with Gasteiger partial charge in [0.2, 0.25) is 5.91 Å². The summed E-state index contributed by atoms with van der Waals surface area (Å²) < 4.78 is 5.51. The monoisotopic (exact) mass is 493 g/mol. The normalized spacial score (nSPS) is 20.9. The van der Waals surface area contributed by atoms with Crippen LogP contribution in [0, 0.1) is 0 Å². The number of nitrogens with one attached hydrogen (secondary N) is 3. The van der Waals surface area contributed by atoms with Gasteiger partial charge < -0.3 is 20.7 Å². The van der Waals surface area contributed by atoms with E-state index in [1.165, 1.54) is 17.4 Å². The van der Waals surface area contributed by atoms with E-state index in [0.29, 0.717) is 0 Å². The van der Waals surface area contributed by atoms with Crippen molar-refractivity contribution in [2.24, 2.45) is 0 Å². The van der Waals surface area contributed by atoms with Crippen molar-refractivity contribution in [1.29, 1.82) is 0 Å². The summed E-state index contributed by atoms with van der Waals surface area (Å²) in [6.45, 7) is 7.75. The van der Waals surface area contributed by atoms with Crippen LogP contribution in [0.15, 0.2) is 43.1 Å². The van der Waals surface area contributed by atoms with E-state index in [2.05, 4.69) is 49.5 Å². The molecule has 1 amide bonds. The quantitative estimate of drug-likeness (QED) is 0.408. The fourth-order valence-electron chi connectivity index (χ4n) is 4.67. The summed E-state index contributed by atoms with van der Waals surface area (Å²) in [6, 6.07) is 8.20. The predicted octanol–water partition coefficient (Wildman–Crippen LogP) is 3.69. The van der Waals surface area contributed by atoms with Gasteiger partial charge in [-0.15, -0.1) is 0 Å². The Morgan fingerprint density at radius 3 is 2.77 bits per heavy atom. The Balaban J connectivity index is 1.39. The number of nitrogens with zero attached hydrogens (tertiary/aromatic N) is 4. The van der Waals surface area contributed by atoms with Crippen molar-refractivity contribution in [3.8, 4) is 0 Å². The Bertz CT molecular complexity index is 1140. The lowest BCUT2D eigenvalue weighted by Crippen LogP contribution is -2.48. The van der Waals surface area contributed by atoms with E-state index in [9.17, 15) is 4.79 Å². The maximum atomic E-state index is 12.0. The molecule has 10 heteroatoms. The predicted molar refractivity (Wildman–Crippen MR) is 139 cm³/mol. The molecule has 35 heavy (non-hydrogen) atoms. The van der Waals surface area contributed by atoms with Crippen LogP contribution in [-0.2, 0) is 16.1 Å². The Kier molecular flexibility index (Phi) is 7.51. The fraction of sp³-hybridized carbons (Fsp3) is 0.440. The average Bonchev–Trinajstić information content (AvgIpc) is 3.28. The first-order valence-corrected chi connectivity index (χ1v) is 13.0. The number of hydrogen-bond donors (Lipinski definition) is 3. The minimum atomic E-state index is -0.135. The summed E-state index contributed by atoms with van der Waals surface area (Å²) in [7, 11) is 0. The highest BCUT2D eigenvalue weighted by Gasteiger charge is 2.26. The van der Waals surface area contributed by atoms with Gasteiger partial charge in [0.25, 0.3) is 0 Å². The summed E-state index contributed by atoms with van der Waals surface area (Å²) in [5.74, 6) is 1.39. The van der Waals surface area contributed by atoms with Gasteiger partial charge >= 0.3 is 0 Å². The second kappa shape index (κ2) is 11.1. The molecule has 1 saturated carbocycles. The van der Waals surface area contributed by atoms with Crippen molar-refractivity contribution in [2.45, 2.75) is 44.3 Å². The van der Waals surface area contributed by atoms with Crippen LogP contribution in [0.4, 0.5) is 16.8 Å². The lowest BCUT2D eigenvalue weighted by atomic mass is 9.90. The lowest BCUT2D eigenvalue weighted by molar-refractivity contribution is -0.117. The van der Waals surface area contributed by atoms with Gasteiger partial charge in [0.1, 0.15) is 22.0 Å². The third-order valence-electron chi connectivity index (χ3n) is 6.41. The van der Waals surface area contributed by atoms with Crippen LogP contribution in [0.25, 0.3) is 10.3 Å². The van der Waals surface area contributed by atoms with Gasteiger partial charge in [0, 0.05) is 37.9 Å². The smallest absolute Gasteiger partial charge is 0.243 e. The van der Waals surface area contributed by atoms with Gasteiger partial charge in [0.05, 0.1) is 13.2 Å². The molecule has 2 atom stereocenters. The zero-order valence-electron chi connectivity index (χ0n) is 19.7. The Labute approximate surface area is 209 Å². The molecule has 2 aliphatic rings. The summed E-state index contributed by atoms with van der Waals surface area (Å²) >= 11 is 1.51. The number of morpholine rings is 1. The number of carbonyl (C=O) groups is 1. The largest absolute Gasteiger partial charge is 0.379 e.